The molecule has 0 N–H and O–H groups in total. The number of ether oxygens (including phenoxy) is 1. The van der Waals surface area contributed by atoms with Gasteiger partial charge in [0.25, 0.3) is 5.89 Å². The highest BCUT2D eigenvalue weighted by Crippen LogP contribution is 2.21. The summed E-state index contributed by atoms with van der Waals surface area (Å²) in [5.74, 6) is 0.458. The molecule has 2 aromatic heterocycles. The molecule has 0 saturated heterocycles. The predicted octanol–water partition coefficient (Wildman–Crippen LogP) is 3.85. The van der Waals surface area contributed by atoms with E-state index in [1.807, 2.05) is 41.8 Å². The molecule has 7 heteroatoms. The molecule has 0 radical (unpaired) electrons. The van der Waals surface area contributed by atoms with Gasteiger partial charge in [0, 0.05) is 4.47 Å². The first-order chi connectivity index (χ1) is 10.7. The van der Waals surface area contributed by atoms with E-state index in [0.29, 0.717) is 5.82 Å². The van der Waals surface area contributed by atoms with Gasteiger partial charge in [-0.3, -0.25) is 4.79 Å². The number of esters is 1. The zero-order valence-electron chi connectivity index (χ0n) is 11.4. The minimum Gasteiger partial charge on any atom is -0.455 e. The first-order valence-corrected chi connectivity index (χ1v) is 8.14. The maximum absolute atomic E-state index is 11.8. The lowest BCUT2D eigenvalue weighted by atomic mass is 10.2. The highest BCUT2D eigenvalue weighted by Gasteiger charge is 2.12. The molecule has 0 unspecified atom stereocenters. The van der Waals surface area contributed by atoms with Crippen molar-refractivity contribution >= 4 is 33.2 Å². The van der Waals surface area contributed by atoms with Crippen molar-refractivity contribution in [3.63, 3.8) is 0 Å². The Morgan fingerprint density at radius 1 is 1.27 bits per heavy atom. The summed E-state index contributed by atoms with van der Waals surface area (Å²) in [7, 11) is 0. The van der Waals surface area contributed by atoms with Crippen molar-refractivity contribution in [2.75, 3.05) is 0 Å². The lowest BCUT2D eigenvalue weighted by Gasteiger charge is -2.02. The third-order valence-corrected chi connectivity index (χ3v) is 4.22. The average Bonchev–Trinajstić information content (AvgIpc) is 3.18. The molecule has 0 aliphatic heterocycles. The van der Waals surface area contributed by atoms with Gasteiger partial charge in [0.2, 0.25) is 5.82 Å². The molecule has 1 aromatic carbocycles. The van der Waals surface area contributed by atoms with Gasteiger partial charge < -0.3 is 9.26 Å². The highest BCUT2D eigenvalue weighted by atomic mass is 79.9. The Bertz CT molecular complexity index is 753. The number of carbonyl (C=O) groups is 1. The monoisotopic (exact) mass is 378 g/mol. The third-order valence-electron chi connectivity index (χ3n) is 2.83. The molecule has 0 saturated carbocycles. The van der Waals surface area contributed by atoms with Crippen LogP contribution in [0.1, 0.15) is 11.5 Å². The molecule has 2 heterocycles. The van der Waals surface area contributed by atoms with Gasteiger partial charge in [-0.1, -0.05) is 39.3 Å². The molecule has 0 bridgehead atoms. The van der Waals surface area contributed by atoms with Gasteiger partial charge in [0.1, 0.15) is 0 Å². The van der Waals surface area contributed by atoms with E-state index >= 15 is 0 Å². The second-order valence-electron chi connectivity index (χ2n) is 4.45. The Kier molecular flexibility index (Phi) is 4.65. The molecule has 0 spiro atoms. The number of nitrogens with zero attached hydrogens (tertiary/aromatic N) is 2. The van der Waals surface area contributed by atoms with E-state index in [1.54, 1.807) is 0 Å². The first-order valence-electron chi connectivity index (χ1n) is 6.47. The van der Waals surface area contributed by atoms with E-state index in [4.69, 9.17) is 9.26 Å². The van der Waals surface area contributed by atoms with Gasteiger partial charge >= 0.3 is 5.97 Å². The number of rotatable bonds is 5. The number of thiophene rings is 1. The molecule has 0 fully saturated rings. The van der Waals surface area contributed by atoms with Gasteiger partial charge in [-0.25, -0.2) is 0 Å². The number of carbonyl (C=O) groups excluding carboxylic acids is 1. The number of hydrogen-bond donors (Lipinski definition) is 0. The van der Waals surface area contributed by atoms with Crippen LogP contribution in [0, 0.1) is 0 Å². The maximum atomic E-state index is 11.8. The summed E-state index contributed by atoms with van der Waals surface area (Å²) in [5, 5.41) is 5.79. The van der Waals surface area contributed by atoms with Crippen LogP contribution in [0.5, 0.6) is 0 Å². The van der Waals surface area contributed by atoms with E-state index in [-0.39, 0.29) is 24.9 Å². The van der Waals surface area contributed by atoms with Gasteiger partial charge in [0.05, 0.1) is 11.3 Å². The topological polar surface area (TPSA) is 65.2 Å². The molecular weight excluding hydrogens is 368 g/mol. The molecule has 3 aromatic rings. The lowest BCUT2D eigenvalue weighted by molar-refractivity contribution is -0.144. The van der Waals surface area contributed by atoms with Crippen molar-refractivity contribution in [3.05, 3.63) is 57.7 Å². The van der Waals surface area contributed by atoms with Gasteiger partial charge in [0.15, 0.2) is 6.61 Å². The van der Waals surface area contributed by atoms with Crippen LogP contribution in [0.4, 0.5) is 0 Å². The van der Waals surface area contributed by atoms with E-state index < -0.39 is 0 Å². The van der Waals surface area contributed by atoms with E-state index in [2.05, 4.69) is 26.1 Å². The third kappa shape index (κ3) is 3.80. The minimum absolute atomic E-state index is 0.0201. The Morgan fingerprint density at radius 3 is 2.82 bits per heavy atom. The summed E-state index contributed by atoms with van der Waals surface area (Å²) in [6.07, 6.45) is 0.208. The van der Waals surface area contributed by atoms with Crippen LogP contribution in [0.2, 0.25) is 0 Å². The Morgan fingerprint density at radius 2 is 2.09 bits per heavy atom. The normalized spacial score (nSPS) is 10.6. The van der Waals surface area contributed by atoms with Gasteiger partial charge in [-0.15, -0.1) is 11.3 Å². The maximum Gasteiger partial charge on any atom is 0.310 e. The average molecular weight is 379 g/mol. The summed E-state index contributed by atoms with van der Waals surface area (Å²) in [6, 6.07) is 11.3. The van der Waals surface area contributed by atoms with E-state index in [0.717, 1.165) is 14.9 Å². The Hall–Kier alpha value is -1.99. The van der Waals surface area contributed by atoms with Crippen molar-refractivity contribution < 1.29 is 14.1 Å². The second kappa shape index (κ2) is 6.85. The van der Waals surface area contributed by atoms with Gasteiger partial charge in [-0.05, 0) is 29.1 Å². The SMILES string of the molecule is O=C(Cc1ccc(Br)cc1)OCc1nc(-c2cccs2)no1. The first kappa shape index (κ1) is 14.9. The molecule has 112 valence electrons. The van der Waals surface area contributed by atoms with Crippen molar-refractivity contribution in [2.24, 2.45) is 0 Å². The fourth-order valence-electron chi connectivity index (χ4n) is 1.78. The Balaban J connectivity index is 1.54. The summed E-state index contributed by atoms with van der Waals surface area (Å²) in [4.78, 5) is 16.9. The lowest BCUT2D eigenvalue weighted by Crippen LogP contribution is -2.08. The molecule has 5 nitrogen and oxygen atoms in total. The van der Waals surface area contributed by atoms with E-state index in [9.17, 15) is 4.79 Å². The van der Waals surface area contributed by atoms with Crippen LogP contribution in [0.25, 0.3) is 10.7 Å². The summed E-state index contributed by atoms with van der Waals surface area (Å²) < 4.78 is 11.2. The molecule has 0 aliphatic carbocycles. The van der Waals surface area contributed by atoms with Crippen LogP contribution in [0.15, 0.2) is 50.8 Å². The molecule has 0 amide bonds. The fraction of sp³-hybridized carbons (Fsp3) is 0.133. The zero-order chi connectivity index (χ0) is 15.4. The van der Waals surface area contributed by atoms with Crippen LogP contribution >= 0.6 is 27.3 Å². The predicted molar refractivity (Wildman–Crippen MR) is 85.3 cm³/mol. The van der Waals surface area contributed by atoms with Crippen LogP contribution in [-0.4, -0.2) is 16.1 Å². The van der Waals surface area contributed by atoms with E-state index in [1.165, 1.54) is 11.3 Å². The van der Waals surface area contributed by atoms with Crippen molar-refractivity contribution in [2.45, 2.75) is 13.0 Å². The van der Waals surface area contributed by atoms with Crippen LogP contribution in [0.3, 0.4) is 0 Å². The molecule has 0 aliphatic rings. The number of halogens is 1. The molecule has 22 heavy (non-hydrogen) atoms. The highest BCUT2D eigenvalue weighted by molar-refractivity contribution is 9.10. The van der Waals surface area contributed by atoms with Gasteiger partial charge in [-0.2, -0.15) is 4.98 Å². The van der Waals surface area contributed by atoms with Crippen molar-refractivity contribution in [1.82, 2.24) is 10.1 Å². The van der Waals surface area contributed by atoms with Crippen LogP contribution in [-0.2, 0) is 22.6 Å². The largest absolute Gasteiger partial charge is 0.455 e. The fourth-order valence-corrected chi connectivity index (χ4v) is 2.70. The number of hydrogen-bond acceptors (Lipinski definition) is 6. The quantitative estimate of drug-likeness (QED) is 0.630. The molecular formula is C15H11BrN2O3S. The second-order valence-corrected chi connectivity index (χ2v) is 6.32. The van der Waals surface area contributed by atoms with Crippen molar-refractivity contribution in [3.8, 4) is 10.7 Å². The summed E-state index contributed by atoms with van der Waals surface area (Å²) in [5.41, 5.74) is 0.887. The van der Waals surface area contributed by atoms with Crippen molar-refractivity contribution in [1.29, 1.82) is 0 Å². The Labute approximate surface area is 139 Å². The minimum atomic E-state index is -0.335. The molecule has 3 rings (SSSR count). The van der Waals surface area contributed by atoms with Crippen LogP contribution < -0.4 is 0 Å². The number of benzene rings is 1. The zero-order valence-corrected chi connectivity index (χ0v) is 13.8. The number of aromatic nitrogens is 2. The summed E-state index contributed by atoms with van der Waals surface area (Å²) in [6.45, 7) is -0.0201. The molecule has 0 atom stereocenters. The summed E-state index contributed by atoms with van der Waals surface area (Å²) >= 11 is 4.87. The smallest absolute Gasteiger partial charge is 0.310 e. The standard InChI is InChI=1S/C15H11BrN2O3S/c16-11-5-3-10(4-6-11)8-14(19)20-9-13-17-15(18-21-13)12-2-1-7-22-12/h1-7H,8-9H2.